The van der Waals surface area contributed by atoms with Gasteiger partial charge in [0.15, 0.2) is 0 Å². The average Bonchev–Trinajstić information content (AvgIpc) is 2.84. The molecule has 1 heterocycles. The van der Waals surface area contributed by atoms with Crippen LogP contribution < -0.4 is 5.73 Å². The van der Waals surface area contributed by atoms with E-state index in [0.717, 1.165) is 32.5 Å². The van der Waals surface area contributed by atoms with Gasteiger partial charge in [0.1, 0.15) is 0 Å². The number of ether oxygens (including phenoxy) is 1. The van der Waals surface area contributed by atoms with Crippen LogP contribution in [0.1, 0.15) is 31.7 Å². The zero-order chi connectivity index (χ0) is 11.4. The van der Waals surface area contributed by atoms with Crippen LogP contribution in [0, 0.1) is 5.92 Å². The van der Waals surface area contributed by atoms with E-state index in [1.165, 1.54) is 5.56 Å². The second kappa shape index (κ2) is 4.98. The molecule has 1 aromatic carbocycles. The molecule has 2 rings (SSSR count). The molecule has 0 saturated carbocycles. The second-order valence-electron chi connectivity index (χ2n) is 4.72. The lowest BCUT2D eigenvalue weighted by atomic mass is 9.75. The molecule has 88 valence electrons. The molecular formula is C14H21NO. The Morgan fingerprint density at radius 3 is 2.69 bits per heavy atom. The molecule has 2 N–H and O–H groups in total. The summed E-state index contributed by atoms with van der Waals surface area (Å²) in [5.74, 6) is 0.467. The summed E-state index contributed by atoms with van der Waals surface area (Å²) in [6.07, 6.45) is 3.23. The predicted octanol–water partition coefficient (Wildman–Crippen LogP) is 2.68. The zero-order valence-electron chi connectivity index (χ0n) is 9.99. The van der Waals surface area contributed by atoms with Crippen molar-refractivity contribution in [3.8, 4) is 0 Å². The van der Waals surface area contributed by atoms with Gasteiger partial charge in [0, 0.05) is 18.1 Å². The molecule has 0 aliphatic carbocycles. The van der Waals surface area contributed by atoms with E-state index in [9.17, 15) is 0 Å². The van der Waals surface area contributed by atoms with Crippen LogP contribution in [0.25, 0.3) is 0 Å². The van der Waals surface area contributed by atoms with Crippen molar-refractivity contribution in [2.24, 2.45) is 11.7 Å². The highest BCUT2D eigenvalue weighted by Gasteiger charge is 2.37. The van der Waals surface area contributed by atoms with E-state index in [0.29, 0.717) is 5.92 Å². The van der Waals surface area contributed by atoms with E-state index in [-0.39, 0.29) is 5.54 Å². The largest absolute Gasteiger partial charge is 0.381 e. The summed E-state index contributed by atoms with van der Waals surface area (Å²) in [5.41, 5.74) is 7.71. The predicted molar refractivity (Wildman–Crippen MR) is 66.1 cm³/mol. The fourth-order valence-corrected chi connectivity index (χ4v) is 2.69. The van der Waals surface area contributed by atoms with E-state index in [1.54, 1.807) is 0 Å². The van der Waals surface area contributed by atoms with Crippen LogP contribution in [-0.4, -0.2) is 13.2 Å². The van der Waals surface area contributed by atoms with E-state index in [4.69, 9.17) is 10.5 Å². The molecule has 2 unspecified atom stereocenters. The molecular weight excluding hydrogens is 198 g/mol. The van der Waals surface area contributed by atoms with Crippen molar-refractivity contribution >= 4 is 0 Å². The highest BCUT2D eigenvalue weighted by atomic mass is 16.5. The van der Waals surface area contributed by atoms with Gasteiger partial charge in [-0.2, -0.15) is 0 Å². The molecule has 0 amide bonds. The Hall–Kier alpha value is -0.860. The van der Waals surface area contributed by atoms with Crippen LogP contribution in [0.5, 0.6) is 0 Å². The van der Waals surface area contributed by atoms with Crippen molar-refractivity contribution in [1.29, 1.82) is 0 Å². The summed E-state index contributed by atoms with van der Waals surface area (Å²) in [6, 6.07) is 10.5. The van der Waals surface area contributed by atoms with Crippen molar-refractivity contribution in [1.82, 2.24) is 0 Å². The summed E-state index contributed by atoms with van der Waals surface area (Å²) in [4.78, 5) is 0. The topological polar surface area (TPSA) is 35.2 Å². The van der Waals surface area contributed by atoms with Crippen molar-refractivity contribution in [2.45, 2.75) is 31.7 Å². The van der Waals surface area contributed by atoms with Crippen LogP contribution in [0.2, 0.25) is 0 Å². The van der Waals surface area contributed by atoms with Gasteiger partial charge in [-0.05, 0) is 18.4 Å². The SMILES string of the molecule is CCCC(N)(c1ccccc1)C1CCOC1. The Morgan fingerprint density at radius 1 is 1.38 bits per heavy atom. The minimum atomic E-state index is -0.202. The molecule has 0 aromatic heterocycles. The van der Waals surface area contributed by atoms with Gasteiger partial charge in [-0.1, -0.05) is 43.7 Å². The second-order valence-corrected chi connectivity index (χ2v) is 4.72. The van der Waals surface area contributed by atoms with E-state index < -0.39 is 0 Å². The van der Waals surface area contributed by atoms with Gasteiger partial charge < -0.3 is 10.5 Å². The number of hydrogen-bond acceptors (Lipinski definition) is 2. The maximum atomic E-state index is 6.66. The molecule has 2 heteroatoms. The highest BCUT2D eigenvalue weighted by molar-refractivity contribution is 5.25. The standard InChI is InChI=1S/C14H21NO/c1-2-9-14(15,13-8-10-16-11-13)12-6-4-3-5-7-12/h3-7,13H,2,8-11,15H2,1H3. The van der Waals surface area contributed by atoms with Gasteiger partial charge in [-0.25, -0.2) is 0 Å². The van der Waals surface area contributed by atoms with Crippen LogP contribution in [0.4, 0.5) is 0 Å². The van der Waals surface area contributed by atoms with Crippen molar-refractivity contribution in [3.63, 3.8) is 0 Å². The lowest BCUT2D eigenvalue weighted by Gasteiger charge is -2.35. The van der Waals surface area contributed by atoms with Crippen LogP contribution in [-0.2, 0) is 10.3 Å². The van der Waals surface area contributed by atoms with Crippen LogP contribution >= 0.6 is 0 Å². The summed E-state index contributed by atoms with van der Waals surface area (Å²) < 4.78 is 5.49. The molecule has 1 fully saturated rings. The Labute approximate surface area is 97.8 Å². The third kappa shape index (κ3) is 2.13. The molecule has 2 nitrogen and oxygen atoms in total. The van der Waals surface area contributed by atoms with Crippen LogP contribution in [0.15, 0.2) is 30.3 Å². The first-order valence-corrected chi connectivity index (χ1v) is 6.19. The first kappa shape index (κ1) is 11.6. The fraction of sp³-hybridized carbons (Fsp3) is 0.571. The number of hydrogen-bond donors (Lipinski definition) is 1. The minimum Gasteiger partial charge on any atom is -0.381 e. The van der Waals surface area contributed by atoms with E-state index >= 15 is 0 Å². The monoisotopic (exact) mass is 219 g/mol. The Bertz CT molecular complexity index is 319. The van der Waals surface area contributed by atoms with Crippen molar-refractivity contribution in [2.75, 3.05) is 13.2 Å². The Morgan fingerprint density at radius 2 is 2.12 bits per heavy atom. The van der Waals surface area contributed by atoms with Gasteiger partial charge in [-0.15, -0.1) is 0 Å². The molecule has 0 radical (unpaired) electrons. The lowest BCUT2D eigenvalue weighted by Crippen LogP contribution is -2.44. The molecule has 1 aliphatic heterocycles. The van der Waals surface area contributed by atoms with Gasteiger partial charge >= 0.3 is 0 Å². The summed E-state index contributed by atoms with van der Waals surface area (Å²) in [5, 5.41) is 0. The first-order valence-electron chi connectivity index (χ1n) is 6.19. The molecule has 1 aliphatic rings. The number of rotatable bonds is 4. The summed E-state index contributed by atoms with van der Waals surface area (Å²) in [6.45, 7) is 3.87. The average molecular weight is 219 g/mol. The molecule has 16 heavy (non-hydrogen) atoms. The maximum Gasteiger partial charge on any atom is 0.0516 e. The Kier molecular flexibility index (Phi) is 3.62. The third-order valence-corrected chi connectivity index (χ3v) is 3.63. The van der Waals surface area contributed by atoms with Gasteiger partial charge in [0.05, 0.1) is 6.61 Å². The third-order valence-electron chi connectivity index (χ3n) is 3.63. The molecule has 1 saturated heterocycles. The van der Waals surface area contributed by atoms with Crippen molar-refractivity contribution in [3.05, 3.63) is 35.9 Å². The van der Waals surface area contributed by atoms with E-state index in [1.807, 2.05) is 6.07 Å². The molecule has 0 spiro atoms. The van der Waals surface area contributed by atoms with Gasteiger partial charge in [0.2, 0.25) is 0 Å². The van der Waals surface area contributed by atoms with Crippen molar-refractivity contribution < 1.29 is 4.74 Å². The summed E-state index contributed by atoms with van der Waals surface area (Å²) >= 11 is 0. The minimum absolute atomic E-state index is 0.202. The smallest absolute Gasteiger partial charge is 0.0516 e. The van der Waals surface area contributed by atoms with E-state index in [2.05, 4.69) is 31.2 Å². The van der Waals surface area contributed by atoms with Gasteiger partial charge in [-0.3, -0.25) is 0 Å². The quantitative estimate of drug-likeness (QED) is 0.845. The molecule has 1 aromatic rings. The fourth-order valence-electron chi connectivity index (χ4n) is 2.69. The molecule has 2 atom stereocenters. The highest BCUT2D eigenvalue weighted by Crippen LogP contribution is 2.36. The summed E-state index contributed by atoms with van der Waals surface area (Å²) in [7, 11) is 0. The lowest BCUT2D eigenvalue weighted by molar-refractivity contribution is 0.157. The first-order chi connectivity index (χ1) is 7.77. The normalized spacial score (nSPS) is 24.2. The number of benzene rings is 1. The molecule has 0 bridgehead atoms. The zero-order valence-corrected chi connectivity index (χ0v) is 9.99. The van der Waals surface area contributed by atoms with Gasteiger partial charge in [0.25, 0.3) is 0 Å². The number of nitrogens with two attached hydrogens (primary N) is 1. The van der Waals surface area contributed by atoms with Crippen LogP contribution in [0.3, 0.4) is 0 Å². The maximum absolute atomic E-state index is 6.66. The Balaban J connectivity index is 2.27.